The van der Waals surface area contributed by atoms with E-state index in [1.54, 1.807) is 14.0 Å². The van der Waals surface area contributed by atoms with Gasteiger partial charge in [-0.25, -0.2) is 18.0 Å². The topological polar surface area (TPSA) is 117 Å². The van der Waals surface area contributed by atoms with Gasteiger partial charge >= 0.3 is 11.9 Å². The third kappa shape index (κ3) is 3.79. The summed E-state index contributed by atoms with van der Waals surface area (Å²) in [5.41, 5.74) is 0.229. The van der Waals surface area contributed by atoms with Gasteiger partial charge in [-0.15, -0.1) is 0 Å². The first-order valence-corrected chi connectivity index (χ1v) is 8.51. The molecule has 0 aliphatic heterocycles. The number of sulfonamides is 1. The molecule has 2 aromatic rings. The molecule has 1 aromatic heterocycles. The predicted molar refractivity (Wildman–Crippen MR) is 87.9 cm³/mol. The number of esters is 2. The van der Waals surface area contributed by atoms with Crippen LogP contribution in [0.5, 0.6) is 0 Å². The summed E-state index contributed by atoms with van der Waals surface area (Å²) in [6.45, 7) is 1.54. The highest BCUT2D eigenvalue weighted by Crippen LogP contribution is 2.24. The number of carbonyl (C=O) groups excluding carboxylic acids is 2. The van der Waals surface area contributed by atoms with Gasteiger partial charge in [-0.2, -0.15) is 5.10 Å². The highest BCUT2D eigenvalue weighted by atomic mass is 32.2. The second-order valence-electron chi connectivity index (χ2n) is 5.10. The van der Waals surface area contributed by atoms with E-state index in [1.807, 2.05) is 0 Å². The lowest BCUT2D eigenvalue weighted by atomic mass is 10.1. The zero-order chi connectivity index (χ0) is 18.8. The standard InChI is InChI=1S/C15H17N3O6S/c1-9-13(8-18(2)16-9)25(21,22)17-12-7-10(14(19)23-3)5-6-11(12)15(20)24-4/h5-8,17H,1-4H3. The van der Waals surface area contributed by atoms with Crippen LogP contribution in [0.1, 0.15) is 26.4 Å². The molecule has 0 radical (unpaired) electrons. The van der Waals surface area contributed by atoms with Crippen LogP contribution in [0.25, 0.3) is 0 Å². The van der Waals surface area contributed by atoms with Crippen LogP contribution in [-0.4, -0.2) is 44.4 Å². The molecular formula is C15H17N3O6S. The Labute approximate surface area is 144 Å². The number of hydrogen-bond donors (Lipinski definition) is 1. The lowest BCUT2D eigenvalue weighted by Crippen LogP contribution is -2.17. The highest BCUT2D eigenvalue weighted by molar-refractivity contribution is 7.92. The third-order valence-corrected chi connectivity index (χ3v) is 4.82. The van der Waals surface area contributed by atoms with Crippen molar-refractivity contribution in [2.24, 2.45) is 7.05 Å². The molecule has 0 unspecified atom stereocenters. The van der Waals surface area contributed by atoms with Crippen LogP contribution in [0.15, 0.2) is 29.3 Å². The fourth-order valence-corrected chi connectivity index (χ4v) is 3.49. The molecule has 2 rings (SSSR count). The number of rotatable bonds is 5. The van der Waals surface area contributed by atoms with Crippen molar-refractivity contribution in [1.29, 1.82) is 0 Å². The molecule has 0 amide bonds. The molecular weight excluding hydrogens is 350 g/mol. The van der Waals surface area contributed by atoms with E-state index >= 15 is 0 Å². The van der Waals surface area contributed by atoms with E-state index in [0.29, 0.717) is 5.69 Å². The van der Waals surface area contributed by atoms with Crippen LogP contribution in [0.4, 0.5) is 5.69 Å². The summed E-state index contributed by atoms with van der Waals surface area (Å²) in [6, 6.07) is 3.83. The summed E-state index contributed by atoms with van der Waals surface area (Å²) in [7, 11) is -0.0821. The number of nitrogens with zero attached hydrogens (tertiary/aromatic N) is 2. The second-order valence-corrected chi connectivity index (χ2v) is 6.75. The Morgan fingerprint density at radius 3 is 2.32 bits per heavy atom. The third-order valence-electron chi connectivity index (χ3n) is 3.35. The highest BCUT2D eigenvalue weighted by Gasteiger charge is 2.24. The number of aryl methyl sites for hydroxylation is 2. The summed E-state index contributed by atoms with van der Waals surface area (Å²) in [5.74, 6) is -1.42. The van der Waals surface area contributed by atoms with E-state index in [2.05, 4.69) is 19.3 Å². The monoisotopic (exact) mass is 367 g/mol. The fourth-order valence-electron chi connectivity index (χ4n) is 2.20. The Morgan fingerprint density at radius 2 is 1.80 bits per heavy atom. The normalized spacial score (nSPS) is 11.0. The maximum absolute atomic E-state index is 12.6. The quantitative estimate of drug-likeness (QED) is 0.787. The van der Waals surface area contributed by atoms with Crippen LogP contribution >= 0.6 is 0 Å². The Kier molecular flexibility index (Phi) is 5.12. The van der Waals surface area contributed by atoms with Crippen molar-refractivity contribution in [3.8, 4) is 0 Å². The lowest BCUT2D eigenvalue weighted by molar-refractivity contribution is 0.0587. The summed E-state index contributed by atoms with van der Waals surface area (Å²) in [6.07, 6.45) is 1.33. The summed E-state index contributed by atoms with van der Waals surface area (Å²) >= 11 is 0. The maximum Gasteiger partial charge on any atom is 0.339 e. The minimum atomic E-state index is -4.03. The smallest absolute Gasteiger partial charge is 0.339 e. The van der Waals surface area contributed by atoms with E-state index in [1.165, 1.54) is 43.3 Å². The molecule has 0 saturated heterocycles. The van der Waals surface area contributed by atoms with Crippen molar-refractivity contribution in [2.75, 3.05) is 18.9 Å². The molecule has 1 N–H and O–H groups in total. The van der Waals surface area contributed by atoms with Crippen LogP contribution in [0.3, 0.4) is 0 Å². The molecule has 25 heavy (non-hydrogen) atoms. The number of benzene rings is 1. The molecule has 0 aliphatic carbocycles. The average Bonchev–Trinajstić information content (AvgIpc) is 2.92. The van der Waals surface area contributed by atoms with Crippen LogP contribution in [-0.2, 0) is 26.5 Å². The zero-order valence-electron chi connectivity index (χ0n) is 14.1. The SMILES string of the molecule is COC(=O)c1ccc(C(=O)OC)c(NS(=O)(=O)c2cn(C)nc2C)c1. The van der Waals surface area contributed by atoms with Gasteiger partial charge in [0.15, 0.2) is 0 Å². The maximum atomic E-state index is 12.6. The van der Waals surface area contributed by atoms with Gasteiger partial charge in [0.1, 0.15) is 4.90 Å². The Hall–Kier alpha value is -2.88. The van der Waals surface area contributed by atoms with Gasteiger partial charge < -0.3 is 9.47 Å². The Bertz CT molecular complexity index is 933. The summed E-state index contributed by atoms with van der Waals surface area (Å²) in [5, 5.41) is 3.98. The molecule has 0 aliphatic rings. The second kappa shape index (κ2) is 6.93. The Balaban J connectivity index is 2.53. The molecule has 0 atom stereocenters. The van der Waals surface area contributed by atoms with E-state index in [4.69, 9.17) is 0 Å². The molecule has 0 spiro atoms. The number of carbonyl (C=O) groups is 2. The summed E-state index contributed by atoms with van der Waals surface area (Å²) < 4.78 is 38.1. The van der Waals surface area contributed by atoms with Crippen molar-refractivity contribution < 1.29 is 27.5 Å². The lowest BCUT2D eigenvalue weighted by Gasteiger charge is -2.12. The number of nitrogens with one attached hydrogen (secondary N) is 1. The fraction of sp³-hybridized carbons (Fsp3) is 0.267. The van der Waals surface area contributed by atoms with Crippen LogP contribution in [0, 0.1) is 6.92 Å². The van der Waals surface area contributed by atoms with Crippen molar-refractivity contribution in [2.45, 2.75) is 11.8 Å². The van der Waals surface area contributed by atoms with Crippen molar-refractivity contribution >= 4 is 27.6 Å². The van der Waals surface area contributed by atoms with Crippen LogP contribution in [0.2, 0.25) is 0 Å². The molecule has 134 valence electrons. The van der Waals surface area contributed by atoms with E-state index in [-0.39, 0.29) is 21.7 Å². The minimum absolute atomic E-state index is 0.0414. The molecule has 1 heterocycles. The number of methoxy groups -OCH3 is 2. The van der Waals surface area contributed by atoms with E-state index < -0.39 is 22.0 Å². The first-order chi connectivity index (χ1) is 11.7. The number of aromatic nitrogens is 2. The summed E-state index contributed by atoms with van der Waals surface area (Å²) in [4.78, 5) is 23.5. The van der Waals surface area contributed by atoms with Gasteiger partial charge in [0, 0.05) is 13.2 Å². The van der Waals surface area contributed by atoms with Gasteiger partial charge in [0.25, 0.3) is 10.0 Å². The first kappa shape index (κ1) is 18.5. The molecule has 0 fully saturated rings. The average molecular weight is 367 g/mol. The van der Waals surface area contributed by atoms with Crippen LogP contribution < -0.4 is 4.72 Å². The van der Waals surface area contributed by atoms with Crippen molar-refractivity contribution in [1.82, 2.24) is 9.78 Å². The van der Waals surface area contributed by atoms with E-state index in [9.17, 15) is 18.0 Å². The largest absolute Gasteiger partial charge is 0.465 e. The van der Waals surface area contributed by atoms with Gasteiger partial charge in [0.2, 0.25) is 0 Å². The van der Waals surface area contributed by atoms with Crippen molar-refractivity contribution in [3.05, 3.63) is 41.2 Å². The van der Waals surface area contributed by atoms with Gasteiger partial charge in [-0.1, -0.05) is 0 Å². The van der Waals surface area contributed by atoms with Gasteiger partial charge in [-0.05, 0) is 25.1 Å². The van der Waals surface area contributed by atoms with Gasteiger partial charge in [-0.3, -0.25) is 9.40 Å². The molecule has 1 aromatic carbocycles. The van der Waals surface area contributed by atoms with E-state index in [0.717, 1.165) is 0 Å². The first-order valence-electron chi connectivity index (χ1n) is 7.03. The molecule has 0 bridgehead atoms. The van der Waals surface area contributed by atoms with Crippen molar-refractivity contribution in [3.63, 3.8) is 0 Å². The number of anilines is 1. The number of ether oxygens (including phenoxy) is 2. The number of hydrogen-bond acceptors (Lipinski definition) is 7. The predicted octanol–water partition coefficient (Wildman–Crippen LogP) is 1.10. The minimum Gasteiger partial charge on any atom is -0.465 e. The zero-order valence-corrected chi connectivity index (χ0v) is 14.9. The Morgan fingerprint density at radius 1 is 1.16 bits per heavy atom. The molecule has 10 heteroatoms. The van der Waals surface area contributed by atoms with Gasteiger partial charge in [0.05, 0.1) is 36.7 Å². The molecule has 0 saturated carbocycles. The molecule has 9 nitrogen and oxygen atoms in total.